The van der Waals surface area contributed by atoms with Crippen LogP contribution in [-0.4, -0.2) is 61.8 Å². The predicted octanol–water partition coefficient (Wildman–Crippen LogP) is 2.51. The zero-order chi connectivity index (χ0) is 25.0. The number of amides is 1. The number of hydrogen-bond acceptors (Lipinski definition) is 6. The number of rotatable bonds is 8. The quantitative estimate of drug-likeness (QED) is 0.512. The Morgan fingerprint density at radius 1 is 1.11 bits per heavy atom. The average molecular weight is 499 g/mol. The topological polar surface area (TPSA) is 103 Å². The van der Waals surface area contributed by atoms with E-state index in [1.54, 1.807) is 0 Å². The molecule has 1 saturated heterocycles. The van der Waals surface area contributed by atoms with Crippen LogP contribution in [0.2, 0.25) is 0 Å². The van der Waals surface area contributed by atoms with Crippen LogP contribution in [0.3, 0.4) is 0 Å². The highest BCUT2D eigenvalue weighted by Gasteiger charge is 2.28. The number of carbonyl (C=O) groups is 1. The number of methoxy groups -OCH3 is 1. The number of hydrogen-bond donors (Lipinski definition) is 1. The fraction of sp³-hybridized carbons (Fsp3) is 0.360. The number of aryl methyl sites for hydroxylation is 1. The summed E-state index contributed by atoms with van der Waals surface area (Å²) in [6.07, 6.45) is 0. The van der Waals surface area contributed by atoms with E-state index in [9.17, 15) is 13.2 Å². The van der Waals surface area contributed by atoms with Crippen molar-refractivity contribution in [3.05, 3.63) is 76.6 Å². The number of ether oxygens (including phenoxy) is 2. The number of morpholine rings is 1. The van der Waals surface area contributed by atoms with E-state index in [0.717, 1.165) is 22.5 Å². The van der Waals surface area contributed by atoms with Crippen molar-refractivity contribution >= 4 is 15.9 Å². The van der Waals surface area contributed by atoms with Crippen LogP contribution < -0.4 is 10.1 Å². The molecule has 1 aliphatic rings. The maximum atomic E-state index is 13.1. The van der Waals surface area contributed by atoms with Crippen LogP contribution in [0.25, 0.3) is 0 Å². The Balaban J connectivity index is 1.53. The van der Waals surface area contributed by atoms with Gasteiger partial charge < -0.3 is 14.8 Å². The van der Waals surface area contributed by atoms with Crippen LogP contribution in [0.5, 0.6) is 5.75 Å². The Labute approximate surface area is 205 Å². The summed E-state index contributed by atoms with van der Waals surface area (Å²) in [6.45, 7) is 6.03. The molecule has 2 heterocycles. The van der Waals surface area contributed by atoms with Crippen molar-refractivity contribution in [1.82, 2.24) is 19.4 Å². The molecule has 4 rings (SSSR count). The second-order valence-electron chi connectivity index (χ2n) is 8.35. The Kier molecular flexibility index (Phi) is 7.54. The highest BCUT2D eigenvalue weighted by Crippen LogP contribution is 2.25. The number of nitrogens with zero attached hydrogens (tertiary/aromatic N) is 3. The molecule has 10 heteroatoms. The second kappa shape index (κ2) is 10.6. The summed E-state index contributed by atoms with van der Waals surface area (Å²) in [7, 11) is -2.30. The lowest BCUT2D eigenvalue weighted by atomic mass is 10.1. The van der Waals surface area contributed by atoms with Crippen LogP contribution in [-0.2, 0) is 27.8 Å². The molecule has 35 heavy (non-hydrogen) atoms. The molecule has 186 valence electrons. The fourth-order valence-corrected chi connectivity index (χ4v) is 5.56. The molecule has 1 amide bonds. The van der Waals surface area contributed by atoms with E-state index in [1.165, 1.54) is 29.6 Å². The summed E-state index contributed by atoms with van der Waals surface area (Å²) in [5.41, 5.74) is 4.01. The Morgan fingerprint density at radius 3 is 2.51 bits per heavy atom. The summed E-state index contributed by atoms with van der Waals surface area (Å²) in [4.78, 5) is 13.2. The zero-order valence-electron chi connectivity index (χ0n) is 20.2. The van der Waals surface area contributed by atoms with Crippen LogP contribution in [0.15, 0.2) is 53.4 Å². The molecule has 0 spiro atoms. The predicted molar refractivity (Wildman–Crippen MR) is 131 cm³/mol. The van der Waals surface area contributed by atoms with Gasteiger partial charge in [0, 0.05) is 30.9 Å². The van der Waals surface area contributed by atoms with Crippen LogP contribution in [0.4, 0.5) is 0 Å². The van der Waals surface area contributed by atoms with Crippen molar-refractivity contribution in [3.63, 3.8) is 0 Å². The monoisotopic (exact) mass is 498 g/mol. The summed E-state index contributed by atoms with van der Waals surface area (Å²) < 4.78 is 40.0. The van der Waals surface area contributed by atoms with E-state index in [2.05, 4.69) is 10.4 Å². The first-order chi connectivity index (χ1) is 16.8. The van der Waals surface area contributed by atoms with Crippen LogP contribution in [0, 0.1) is 13.8 Å². The Bertz CT molecular complexity index is 1300. The Hall–Kier alpha value is -3.21. The molecule has 3 aromatic rings. The van der Waals surface area contributed by atoms with Crippen molar-refractivity contribution in [2.75, 3.05) is 33.4 Å². The van der Waals surface area contributed by atoms with Crippen molar-refractivity contribution < 1.29 is 22.7 Å². The van der Waals surface area contributed by atoms with Gasteiger partial charge in [-0.3, -0.25) is 9.48 Å². The zero-order valence-corrected chi connectivity index (χ0v) is 21.0. The van der Waals surface area contributed by atoms with E-state index in [0.29, 0.717) is 25.5 Å². The van der Waals surface area contributed by atoms with Gasteiger partial charge in [0.1, 0.15) is 5.75 Å². The van der Waals surface area contributed by atoms with Crippen molar-refractivity contribution in [1.29, 1.82) is 0 Å². The van der Waals surface area contributed by atoms with E-state index in [1.807, 2.05) is 48.9 Å². The smallest absolute Gasteiger partial charge is 0.255 e. The lowest BCUT2D eigenvalue weighted by Crippen LogP contribution is -2.40. The third-order valence-corrected chi connectivity index (χ3v) is 8.05. The van der Waals surface area contributed by atoms with Gasteiger partial charge in [-0.25, -0.2) is 8.42 Å². The molecule has 0 radical (unpaired) electrons. The number of carbonyl (C=O) groups excluding carboxylic acids is 1. The van der Waals surface area contributed by atoms with E-state index >= 15 is 0 Å². The van der Waals surface area contributed by atoms with Crippen molar-refractivity contribution in [2.24, 2.45) is 0 Å². The summed E-state index contributed by atoms with van der Waals surface area (Å²) in [6, 6.07) is 14.4. The first-order valence-electron chi connectivity index (χ1n) is 11.4. The SMILES string of the molecule is COc1ccc(S(=O)(=O)N2CCOCC2)cc1C(=O)NCc1c(C)nn(Cc2ccccc2)c1C. The molecule has 0 aliphatic carbocycles. The molecule has 0 saturated carbocycles. The minimum Gasteiger partial charge on any atom is -0.496 e. The van der Waals surface area contributed by atoms with E-state index < -0.39 is 15.9 Å². The van der Waals surface area contributed by atoms with Gasteiger partial charge in [0.2, 0.25) is 10.0 Å². The van der Waals surface area contributed by atoms with E-state index in [4.69, 9.17) is 9.47 Å². The number of aromatic nitrogens is 2. The van der Waals surface area contributed by atoms with Crippen LogP contribution in [0.1, 0.15) is 32.9 Å². The highest BCUT2D eigenvalue weighted by molar-refractivity contribution is 7.89. The highest BCUT2D eigenvalue weighted by atomic mass is 32.2. The minimum absolute atomic E-state index is 0.0494. The molecule has 0 atom stereocenters. The summed E-state index contributed by atoms with van der Waals surface area (Å²) in [5, 5.41) is 7.54. The van der Waals surface area contributed by atoms with Gasteiger partial charge in [0.15, 0.2) is 0 Å². The summed E-state index contributed by atoms with van der Waals surface area (Å²) >= 11 is 0. The lowest BCUT2D eigenvalue weighted by molar-refractivity contribution is 0.0730. The van der Waals surface area contributed by atoms with Gasteiger partial charge >= 0.3 is 0 Å². The second-order valence-corrected chi connectivity index (χ2v) is 10.3. The minimum atomic E-state index is -3.75. The first-order valence-corrected chi connectivity index (χ1v) is 12.9. The van der Waals surface area contributed by atoms with Gasteiger partial charge in [0.05, 0.1) is 43.0 Å². The standard InChI is InChI=1S/C25H30N4O5S/c1-18-23(19(2)29(27-18)17-20-7-5-4-6-8-20)16-26-25(30)22-15-21(9-10-24(22)33-3)35(31,32)28-11-13-34-14-12-28/h4-10,15H,11-14,16-17H2,1-3H3,(H,26,30). The number of nitrogens with one attached hydrogen (secondary N) is 1. The normalized spacial score (nSPS) is 14.6. The number of benzene rings is 2. The third kappa shape index (κ3) is 5.39. The van der Waals surface area contributed by atoms with Gasteiger partial charge in [-0.1, -0.05) is 30.3 Å². The molecule has 9 nitrogen and oxygen atoms in total. The maximum Gasteiger partial charge on any atom is 0.255 e. The van der Waals surface area contributed by atoms with Crippen molar-refractivity contribution in [3.8, 4) is 5.75 Å². The van der Waals surface area contributed by atoms with Gasteiger partial charge in [-0.2, -0.15) is 9.40 Å². The molecular formula is C25H30N4O5S. The number of sulfonamides is 1. The lowest BCUT2D eigenvalue weighted by Gasteiger charge is -2.26. The molecule has 1 fully saturated rings. The molecular weight excluding hydrogens is 468 g/mol. The summed E-state index contributed by atoms with van der Waals surface area (Å²) in [5.74, 6) is -0.118. The molecule has 1 aliphatic heterocycles. The largest absolute Gasteiger partial charge is 0.496 e. The third-order valence-electron chi connectivity index (χ3n) is 6.16. The van der Waals surface area contributed by atoms with Crippen LogP contribution >= 0.6 is 0 Å². The molecule has 1 N–H and O–H groups in total. The van der Waals surface area contributed by atoms with Crippen molar-refractivity contribution in [2.45, 2.75) is 31.8 Å². The van der Waals surface area contributed by atoms with E-state index in [-0.39, 0.29) is 30.1 Å². The van der Waals surface area contributed by atoms with Gasteiger partial charge in [0.25, 0.3) is 5.91 Å². The maximum absolute atomic E-state index is 13.1. The Morgan fingerprint density at radius 2 is 1.83 bits per heavy atom. The average Bonchev–Trinajstić information content (AvgIpc) is 3.14. The molecule has 1 aromatic heterocycles. The molecule has 2 aromatic carbocycles. The van der Waals surface area contributed by atoms with Gasteiger partial charge in [-0.05, 0) is 37.6 Å². The molecule has 0 bridgehead atoms. The first kappa shape index (κ1) is 24.9. The molecule has 0 unspecified atom stereocenters. The fourth-order valence-electron chi connectivity index (χ4n) is 4.13. The van der Waals surface area contributed by atoms with Gasteiger partial charge in [-0.15, -0.1) is 0 Å².